The summed E-state index contributed by atoms with van der Waals surface area (Å²) in [5.41, 5.74) is 0.692. The molecule has 0 aromatic heterocycles. The van der Waals surface area contributed by atoms with Gasteiger partial charge in [0.05, 0.1) is 12.2 Å². The minimum atomic E-state index is -0.458. The molecule has 17 heavy (non-hydrogen) atoms. The average molecular weight is 235 g/mol. The first-order chi connectivity index (χ1) is 8.23. The van der Waals surface area contributed by atoms with Crippen LogP contribution in [0.25, 0.3) is 0 Å². The Morgan fingerprint density at radius 1 is 1.35 bits per heavy atom. The van der Waals surface area contributed by atoms with Crippen LogP contribution in [-0.2, 0) is 6.54 Å². The molecule has 1 saturated carbocycles. The lowest BCUT2D eigenvalue weighted by molar-refractivity contribution is -0.0315. The molecule has 0 bridgehead atoms. The van der Waals surface area contributed by atoms with Gasteiger partial charge in [0.1, 0.15) is 5.75 Å². The van der Waals surface area contributed by atoms with Crippen molar-refractivity contribution >= 4 is 0 Å². The van der Waals surface area contributed by atoms with E-state index in [1.54, 1.807) is 0 Å². The Morgan fingerprint density at radius 3 is 2.76 bits per heavy atom. The van der Waals surface area contributed by atoms with Gasteiger partial charge in [-0.3, -0.25) is 0 Å². The van der Waals surface area contributed by atoms with Crippen molar-refractivity contribution in [2.24, 2.45) is 0 Å². The lowest BCUT2D eigenvalue weighted by atomic mass is 9.80. The molecule has 3 nitrogen and oxygen atoms in total. The van der Waals surface area contributed by atoms with Crippen LogP contribution < -0.4 is 10.1 Å². The Morgan fingerprint density at radius 2 is 2.12 bits per heavy atom. The molecule has 1 aliphatic carbocycles. The molecule has 0 saturated heterocycles. The minimum Gasteiger partial charge on any atom is -0.494 e. The van der Waals surface area contributed by atoms with E-state index in [0.29, 0.717) is 13.2 Å². The predicted molar refractivity (Wildman–Crippen MR) is 68.1 cm³/mol. The second-order valence-corrected chi connectivity index (χ2v) is 4.72. The SMILES string of the molecule is CCOc1ccccc1CNCC1(O)CCC1. The number of nitrogens with one attached hydrogen (secondary N) is 1. The first kappa shape index (κ1) is 12.4. The molecule has 1 aliphatic rings. The Kier molecular flexibility index (Phi) is 4.02. The molecular weight excluding hydrogens is 214 g/mol. The van der Waals surface area contributed by atoms with Crippen LogP contribution in [-0.4, -0.2) is 23.9 Å². The zero-order chi connectivity index (χ0) is 12.1. The van der Waals surface area contributed by atoms with E-state index in [0.717, 1.165) is 37.1 Å². The monoisotopic (exact) mass is 235 g/mol. The molecule has 2 N–H and O–H groups in total. The van der Waals surface area contributed by atoms with E-state index in [-0.39, 0.29) is 0 Å². The Balaban J connectivity index is 1.85. The summed E-state index contributed by atoms with van der Waals surface area (Å²) in [6.07, 6.45) is 2.99. The van der Waals surface area contributed by atoms with Crippen LogP contribution in [0.3, 0.4) is 0 Å². The zero-order valence-electron chi connectivity index (χ0n) is 10.4. The fourth-order valence-electron chi connectivity index (χ4n) is 2.14. The summed E-state index contributed by atoms with van der Waals surface area (Å²) < 4.78 is 5.56. The van der Waals surface area contributed by atoms with Crippen molar-refractivity contribution in [2.45, 2.75) is 38.3 Å². The predicted octanol–water partition coefficient (Wildman–Crippen LogP) is 2.09. The van der Waals surface area contributed by atoms with Crippen molar-refractivity contribution in [3.8, 4) is 5.75 Å². The van der Waals surface area contributed by atoms with Gasteiger partial charge in [-0.1, -0.05) is 18.2 Å². The quantitative estimate of drug-likeness (QED) is 0.793. The van der Waals surface area contributed by atoms with Crippen LogP contribution in [0, 0.1) is 0 Å². The highest BCUT2D eigenvalue weighted by atomic mass is 16.5. The van der Waals surface area contributed by atoms with Crippen LogP contribution in [0.2, 0.25) is 0 Å². The molecule has 0 amide bonds. The van der Waals surface area contributed by atoms with Crippen molar-refractivity contribution in [1.82, 2.24) is 5.32 Å². The number of hydrogen-bond donors (Lipinski definition) is 2. The lowest BCUT2D eigenvalue weighted by Crippen LogP contribution is -2.46. The van der Waals surface area contributed by atoms with E-state index in [2.05, 4.69) is 11.4 Å². The highest BCUT2D eigenvalue weighted by molar-refractivity contribution is 5.33. The number of hydrogen-bond acceptors (Lipinski definition) is 3. The highest BCUT2D eigenvalue weighted by Gasteiger charge is 2.33. The minimum absolute atomic E-state index is 0.458. The van der Waals surface area contributed by atoms with Gasteiger partial charge in [0.15, 0.2) is 0 Å². The summed E-state index contributed by atoms with van der Waals surface area (Å²) in [6, 6.07) is 8.03. The van der Waals surface area contributed by atoms with E-state index in [1.807, 2.05) is 25.1 Å². The van der Waals surface area contributed by atoms with Crippen LogP contribution in [0.5, 0.6) is 5.75 Å². The van der Waals surface area contributed by atoms with Crippen LogP contribution in [0.15, 0.2) is 24.3 Å². The maximum atomic E-state index is 9.97. The summed E-state index contributed by atoms with van der Waals surface area (Å²) in [5, 5.41) is 13.3. The van der Waals surface area contributed by atoms with Gasteiger partial charge < -0.3 is 15.2 Å². The van der Waals surface area contributed by atoms with E-state index in [1.165, 1.54) is 0 Å². The molecule has 0 unspecified atom stereocenters. The number of aliphatic hydroxyl groups is 1. The van der Waals surface area contributed by atoms with Crippen molar-refractivity contribution in [3.05, 3.63) is 29.8 Å². The van der Waals surface area contributed by atoms with Gasteiger partial charge in [-0.2, -0.15) is 0 Å². The zero-order valence-corrected chi connectivity index (χ0v) is 10.4. The molecule has 1 fully saturated rings. The molecule has 0 spiro atoms. The van der Waals surface area contributed by atoms with E-state index in [4.69, 9.17) is 4.74 Å². The number of para-hydroxylation sites is 1. The summed E-state index contributed by atoms with van der Waals surface area (Å²) in [4.78, 5) is 0. The largest absolute Gasteiger partial charge is 0.494 e. The Labute approximate surface area is 103 Å². The van der Waals surface area contributed by atoms with Crippen molar-refractivity contribution in [1.29, 1.82) is 0 Å². The third-order valence-electron chi connectivity index (χ3n) is 3.33. The molecule has 0 heterocycles. The van der Waals surface area contributed by atoms with Gasteiger partial charge >= 0.3 is 0 Å². The van der Waals surface area contributed by atoms with Crippen molar-refractivity contribution < 1.29 is 9.84 Å². The van der Waals surface area contributed by atoms with Crippen LogP contribution in [0.1, 0.15) is 31.7 Å². The smallest absolute Gasteiger partial charge is 0.123 e. The molecule has 94 valence electrons. The maximum absolute atomic E-state index is 9.97. The lowest BCUT2D eigenvalue weighted by Gasteiger charge is -2.36. The summed E-state index contributed by atoms with van der Waals surface area (Å²) >= 11 is 0. The summed E-state index contributed by atoms with van der Waals surface area (Å²) in [5.74, 6) is 0.933. The first-order valence-corrected chi connectivity index (χ1v) is 6.37. The Hall–Kier alpha value is -1.06. The van der Waals surface area contributed by atoms with Gasteiger partial charge in [-0.25, -0.2) is 0 Å². The van der Waals surface area contributed by atoms with Crippen molar-refractivity contribution in [2.75, 3.05) is 13.2 Å². The first-order valence-electron chi connectivity index (χ1n) is 6.37. The Bertz CT molecular complexity index is 361. The van der Waals surface area contributed by atoms with E-state index >= 15 is 0 Å². The average Bonchev–Trinajstić information content (AvgIpc) is 2.29. The number of ether oxygens (including phenoxy) is 1. The second-order valence-electron chi connectivity index (χ2n) is 4.72. The van der Waals surface area contributed by atoms with Crippen LogP contribution >= 0.6 is 0 Å². The summed E-state index contributed by atoms with van der Waals surface area (Å²) in [6.45, 7) is 4.09. The summed E-state index contributed by atoms with van der Waals surface area (Å²) in [7, 11) is 0. The fraction of sp³-hybridized carbons (Fsp3) is 0.571. The molecule has 1 aromatic rings. The van der Waals surface area contributed by atoms with Gasteiger partial charge in [0, 0.05) is 18.7 Å². The van der Waals surface area contributed by atoms with Gasteiger partial charge in [-0.05, 0) is 32.3 Å². The van der Waals surface area contributed by atoms with Gasteiger partial charge in [0.2, 0.25) is 0 Å². The highest BCUT2D eigenvalue weighted by Crippen LogP contribution is 2.30. The molecule has 0 atom stereocenters. The second kappa shape index (κ2) is 5.52. The maximum Gasteiger partial charge on any atom is 0.123 e. The van der Waals surface area contributed by atoms with E-state index < -0.39 is 5.60 Å². The number of rotatable bonds is 6. The van der Waals surface area contributed by atoms with E-state index in [9.17, 15) is 5.11 Å². The molecule has 1 aromatic carbocycles. The van der Waals surface area contributed by atoms with Crippen LogP contribution in [0.4, 0.5) is 0 Å². The third-order valence-corrected chi connectivity index (χ3v) is 3.33. The standard InChI is InChI=1S/C14H21NO2/c1-2-17-13-7-4-3-6-12(13)10-15-11-14(16)8-5-9-14/h3-4,6-7,15-16H,2,5,8-11H2,1H3. The topological polar surface area (TPSA) is 41.5 Å². The normalized spacial score (nSPS) is 17.5. The van der Waals surface area contributed by atoms with Gasteiger partial charge in [-0.15, -0.1) is 0 Å². The third kappa shape index (κ3) is 3.20. The molecule has 0 radical (unpaired) electrons. The fourth-order valence-corrected chi connectivity index (χ4v) is 2.14. The van der Waals surface area contributed by atoms with Gasteiger partial charge in [0.25, 0.3) is 0 Å². The molecule has 3 heteroatoms. The molecular formula is C14H21NO2. The molecule has 0 aliphatic heterocycles. The van der Waals surface area contributed by atoms with Crippen molar-refractivity contribution in [3.63, 3.8) is 0 Å². The molecule has 2 rings (SSSR count). The number of benzene rings is 1.